The highest BCUT2D eigenvalue weighted by Gasteiger charge is 2.29. The molecule has 0 unspecified atom stereocenters. The van der Waals surface area contributed by atoms with Gasteiger partial charge in [-0.25, -0.2) is 17.9 Å². The summed E-state index contributed by atoms with van der Waals surface area (Å²) in [5, 5.41) is 11.4. The Morgan fingerprint density at radius 2 is 2.17 bits per heavy atom. The third kappa shape index (κ3) is 5.17. The van der Waals surface area contributed by atoms with E-state index in [1.807, 2.05) is 13.8 Å². The van der Waals surface area contributed by atoms with Crippen LogP contribution in [0.4, 0.5) is 0 Å². The van der Waals surface area contributed by atoms with E-state index in [4.69, 9.17) is 5.14 Å². The van der Waals surface area contributed by atoms with Gasteiger partial charge < -0.3 is 10.6 Å². The summed E-state index contributed by atoms with van der Waals surface area (Å²) in [6.07, 6.45) is 1.26. The number of hydrogen-bond donors (Lipinski definition) is 3. The molecule has 10 heteroatoms. The predicted molar refractivity (Wildman–Crippen MR) is 97.5 cm³/mol. The van der Waals surface area contributed by atoms with Gasteiger partial charge in [0.25, 0.3) is 0 Å². The van der Waals surface area contributed by atoms with Crippen molar-refractivity contribution in [3.8, 4) is 0 Å². The number of amides is 1. The second-order valence-electron chi connectivity index (χ2n) is 5.50. The molecule has 2 heterocycles. The fourth-order valence-electron chi connectivity index (χ4n) is 2.54. The van der Waals surface area contributed by atoms with Gasteiger partial charge in [0.15, 0.2) is 0 Å². The average Bonchev–Trinajstić information content (AvgIpc) is 2.92. The van der Waals surface area contributed by atoms with Gasteiger partial charge in [-0.05, 0) is 43.5 Å². The molecule has 0 saturated carbocycles. The Labute approximate surface area is 151 Å². The van der Waals surface area contributed by atoms with E-state index in [9.17, 15) is 13.2 Å². The first-order valence-corrected chi connectivity index (χ1v) is 11.1. The number of rotatable bonds is 8. The molecular weight excluding hydrogens is 368 g/mol. The summed E-state index contributed by atoms with van der Waals surface area (Å²) < 4.78 is 26.5. The summed E-state index contributed by atoms with van der Waals surface area (Å²) in [5.41, 5.74) is 0.996. The molecule has 0 aliphatic carbocycles. The van der Waals surface area contributed by atoms with Crippen molar-refractivity contribution in [2.45, 2.75) is 41.1 Å². The molecule has 0 saturated heterocycles. The first-order valence-electron chi connectivity index (χ1n) is 7.94. The highest BCUT2D eigenvalue weighted by atomic mass is 32.3. The highest BCUT2D eigenvalue weighted by Crippen LogP contribution is 2.43. The lowest BCUT2D eigenvalue weighted by atomic mass is 10.1. The van der Waals surface area contributed by atoms with Crippen LogP contribution in [-0.4, -0.2) is 44.8 Å². The number of primary sulfonamides is 1. The molecule has 2 rings (SSSR count). The van der Waals surface area contributed by atoms with Gasteiger partial charge in [0, 0.05) is 32.1 Å². The highest BCUT2D eigenvalue weighted by molar-refractivity contribution is 7.99. The quantitative estimate of drug-likeness (QED) is 0.576. The Hall–Kier alpha value is -0.650. The van der Waals surface area contributed by atoms with Crippen LogP contribution < -0.4 is 15.8 Å². The van der Waals surface area contributed by atoms with E-state index in [1.165, 1.54) is 11.3 Å². The summed E-state index contributed by atoms with van der Waals surface area (Å²) >= 11 is 2.76. The zero-order chi connectivity index (χ0) is 17.7. The minimum absolute atomic E-state index is 0.0658. The Kier molecular flexibility index (Phi) is 7.08. The number of nitrogens with one attached hydrogen (secondary N) is 2. The number of thiophene rings is 1. The SMILES string of the molecule is CCNC(=O)CCCN1C[C@H](NCC)c2cc(S(N)(=O)=O)sc2S1. The topological polar surface area (TPSA) is 105 Å². The molecule has 1 atom stereocenters. The average molecular weight is 393 g/mol. The maximum Gasteiger partial charge on any atom is 0.247 e. The monoisotopic (exact) mass is 392 g/mol. The molecule has 0 radical (unpaired) electrons. The number of nitrogens with zero attached hydrogens (tertiary/aromatic N) is 1. The Morgan fingerprint density at radius 3 is 2.79 bits per heavy atom. The van der Waals surface area contributed by atoms with Crippen LogP contribution >= 0.6 is 23.3 Å². The lowest BCUT2D eigenvalue weighted by molar-refractivity contribution is -0.121. The van der Waals surface area contributed by atoms with E-state index < -0.39 is 10.0 Å². The van der Waals surface area contributed by atoms with Crippen LogP contribution in [0.5, 0.6) is 0 Å². The van der Waals surface area contributed by atoms with Gasteiger partial charge in [-0.1, -0.05) is 6.92 Å². The molecule has 4 N–H and O–H groups in total. The molecule has 7 nitrogen and oxygen atoms in total. The van der Waals surface area contributed by atoms with E-state index in [2.05, 4.69) is 14.9 Å². The van der Waals surface area contributed by atoms with Crippen molar-refractivity contribution >= 4 is 39.2 Å². The van der Waals surface area contributed by atoms with Gasteiger partial charge in [0.1, 0.15) is 4.21 Å². The molecule has 0 bridgehead atoms. The molecule has 136 valence electrons. The maximum atomic E-state index is 11.6. The number of carbonyl (C=O) groups is 1. The van der Waals surface area contributed by atoms with E-state index in [0.717, 1.165) is 35.8 Å². The van der Waals surface area contributed by atoms with Crippen LogP contribution in [0.1, 0.15) is 38.3 Å². The van der Waals surface area contributed by atoms with E-state index in [0.29, 0.717) is 13.0 Å². The van der Waals surface area contributed by atoms with E-state index in [-0.39, 0.29) is 16.2 Å². The molecular formula is C14H24N4O3S3. The summed E-state index contributed by atoms with van der Waals surface area (Å²) in [7, 11) is -3.68. The van der Waals surface area contributed by atoms with Gasteiger partial charge in [-0.3, -0.25) is 4.79 Å². The third-order valence-electron chi connectivity index (χ3n) is 3.59. The second-order valence-corrected chi connectivity index (χ2v) is 9.71. The van der Waals surface area contributed by atoms with Crippen LogP contribution in [0.2, 0.25) is 0 Å². The summed E-state index contributed by atoms with van der Waals surface area (Å²) in [6, 6.07) is 1.75. The predicted octanol–water partition coefficient (Wildman–Crippen LogP) is 1.29. The van der Waals surface area contributed by atoms with E-state index >= 15 is 0 Å². The number of likely N-dealkylation sites (N-methyl/N-ethyl adjacent to an activating group) is 1. The number of nitrogens with two attached hydrogens (primary N) is 1. The Balaban J connectivity index is 2.05. The standard InChI is InChI=1S/C14H24N4O3S3/c1-3-16-11-9-18(7-5-6-12(19)17-4-2)23-14-10(11)8-13(22-14)24(15,20)21/h8,11,16H,3-7,9H2,1-2H3,(H,17,19)(H2,15,20,21)/t11-/m0/s1. The van der Waals surface area contributed by atoms with Crippen LogP contribution in [0.3, 0.4) is 0 Å². The third-order valence-corrected chi connectivity index (χ3v) is 7.42. The van der Waals surface area contributed by atoms with Gasteiger partial charge >= 0.3 is 0 Å². The largest absolute Gasteiger partial charge is 0.356 e. The molecule has 0 spiro atoms. The van der Waals surface area contributed by atoms with Crippen molar-refractivity contribution in [3.05, 3.63) is 11.6 Å². The zero-order valence-electron chi connectivity index (χ0n) is 13.9. The number of sulfonamides is 1. The van der Waals surface area contributed by atoms with Crippen molar-refractivity contribution in [3.63, 3.8) is 0 Å². The number of carbonyl (C=O) groups excluding carboxylic acids is 1. The molecule has 24 heavy (non-hydrogen) atoms. The van der Waals surface area contributed by atoms with Crippen molar-refractivity contribution in [1.82, 2.24) is 14.9 Å². The Morgan fingerprint density at radius 1 is 1.42 bits per heavy atom. The van der Waals surface area contributed by atoms with Crippen LogP contribution in [-0.2, 0) is 14.8 Å². The summed E-state index contributed by atoms with van der Waals surface area (Å²) in [4.78, 5) is 11.5. The van der Waals surface area contributed by atoms with Gasteiger partial charge in [-0.15, -0.1) is 11.3 Å². The molecule has 1 aliphatic heterocycles. The molecule has 1 aliphatic rings. The fourth-order valence-corrected chi connectivity index (χ4v) is 6.11. The summed E-state index contributed by atoms with van der Waals surface area (Å²) in [5.74, 6) is 0.0658. The van der Waals surface area contributed by atoms with Crippen molar-refractivity contribution < 1.29 is 13.2 Å². The van der Waals surface area contributed by atoms with Crippen LogP contribution in [0.25, 0.3) is 0 Å². The van der Waals surface area contributed by atoms with Gasteiger partial charge in [0.2, 0.25) is 15.9 Å². The van der Waals surface area contributed by atoms with Crippen LogP contribution in [0.15, 0.2) is 14.5 Å². The number of hydrogen-bond acceptors (Lipinski definition) is 7. The Bertz CT molecular complexity index is 675. The molecule has 0 aromatic carbocycles. The van der Waals surface area contributed by atoms with Crippen molar-refractivity contribution in [2.75, 3.05) is 26.2 Å². The lowest BCUT2D eigenvalue weighted by Gasteiger charge is -2.31. The molecule has 1 aromatic heterocycles. The minimum atomic E-state index is -3.68. The fraction of sp³-hybridized carbons (Fsp3) is 0.643. The van der Waals surface area contributed by atoms with Gasteiger partial charge in [0.05, 0.1) is 4.21 Å². The first-order chi connectivity index (χ1) is 11.3. The number of fused-ring (bicyclic) bond motifs is 1. The van der Waals surface area contributed by atoms with Crippen molar-refractivity contribution in [2.24, 2.45) is 5.14 Å². The lowest BCUT2D eigenvalue weighted by Crippen LogP contribution is -2.35. The first kappa shape index (κ1) is 19.7. The molecule has 1 amide bonds. The molecule has 0 fully saturated rings. The minimum Gasteiger partial charge on any atom is -0.356 e. The molecule has 1 aromatic rings. The second kappa shape index (κ2) is 8.63. The zero-order valence-corrected chi connectivity index (χ0v) is 16.3. The maximum absolute atomic E-state index is 11.6. The van der Waals surface area contributed by atoms with Gasteiger partial charge in [-0.2, -0.15) is 0 Å². The van der Waals surface area contributed by atoms with Crippen LogP contribution in [0, 0.1) is 0 Å². The summed E-state index contributed by atoms with van der Waals surface area (Å²) in [6.45, 7) is 6.90. The van der Waals surface area contributed by atoms with E-state index in [1.54, 1.807) is 18.0 Å². The normalized spacial score (nSPS) is 18.4. The van der Waals surface area contributed by atoms with Crippen molar-refractivity contribution in [1.29, 1.82) is 0 Å². The smallest absolute Gasteiger partial charge is 0.247 e.